The lowest BCUT2D eigenvalue weighted by Crippen LogP contribution is -2.02. The van der Waals surface area contributed by atoms with Crippen LogP contribution in [0.3, 0.4) is 0 Å². The summed E-state index contributed by atoms with van der Waals surface area (Å²) in [6.45, 7) is 4.55. The lowest BCUT2D eigenvalue weighted by Gasteiger charge is -2.12. The zero-order valence-corrected chi connectivity index (χ0v) is 29.4. The molecule has 0 amide bonds. The molecule has 7 aromatic rings. The van der Waals surface area contributed by atoms with Crippen molar-refractivity contribution < 1.29 is 0 Å². The number of hydrogen-bond donors (Lipinski definition) is 6. The predicted molar refractivity (Wildman–Crippen MR) is 223 cm³/mol. The van der Waals surface area contributed by atoms with Crippen LogP contribution in [0, 0.1) is 0 Å². The van der Waals surface area contributed by atoms with E-state index in [2.05, 4.69) is 197 Å². The van der Waals surface area contributed by atoms with Crippen LogP contribution in [0.15, 0.2) is 176 Å². The van der Waals surface area contributed by atoms with Crippen molar-refractivity contribution in [2.75, 3.05) is 38.4 Å². The fourth-order valence-electron chi connectivity index (χ4n) is 5.92. The van der Waals surface area contributed by atoms with Crippen LogP contribution in [0.2, 0.25) is 0 Å². The highest BCUT2D eigenvalue weighted by atomic mass is 14.9. The number of nitrogens with one attached hydrogen (secondary N) is 6. The van der Waals surface area contributed by atoms with E-state index in [4.69, 9.17) is 0 Å². The van der Waals surface area contributed by atoms with Crippen molar-refractivity contribution in [1.82, 2.24) is 0 Å². The van der Waals surface area contributed by atoms with Crippen molar-refractivity contribution in [1.29, 1.82) is 0 Å². The minimum absolute atomic E-state index is 0.763. The minimum atomic E-state index is 0.763. The topological polar surface area (TPSA) is 72.2 Å². The van der Waals surface area contributed by atoms with Crippen molar-refractivity contribution in [3.05, 3.63) is 187 Å². The summed E-state index contributed by atoms with van der Waals surface area (Å²) in [5, 5.41) is 20.8. The Bertz CT molecular complexity index is 2110. The Morgan fingerprint density at radius 3 is 0.923 bits per heavy atom. The quantitative estimate of drug-likeness (QED) is 0.0648. The van der Waals surface area contributed by atoms with Crippen LogP contribution in [0.1, 0.15) is 18.1 Å². The average Bonchev–Trinajstić information content (AvgIpc) is 3.20. The van der Waals surface area contributed by atoms with E-state index in [-0.39, 0.29) is 0 Å². The zero-order valence-electron chi connectivity index (χ0n) is 29.4. The van der Waals surface area contributed by atoms with Gasteiger partial charge in [-0.05, 0) is 138 Å². The van der Waals surface area contributed by atoms with E-state index in [1.807, 2.05) is 18.2 Å². The molecule has 0 aliphatic heterocycles. The first-order valence-electron chi connectivity index (χ1n) is 17.8. The van der Waals surface area contributed by atoms with Crippen LogP contribution in [0.4, 0.5) is 51.2 Å². The van der Waals surface area contributed by atoms with Crippen molar-refractivity contribution >= 4 is 51.2 Å². The molecule has 0 saturated heterocycles. The molecule has 0 saturated carbocycles. The van der Waals surface area contributed by atoms with Gasteiger partial charge in [0, 0.05) is 70.8 Å². The Labute approximate surface area is 307 Å². The molecular formula is C46H44N6. The van der Waals surface area contributed by atoms with E-state index in [0.717, 1.165) is 70.8 Å². The smallest absolute Gasteiger partial charge is 0.0400 e. The van der Waals surface area contributed by atoms with E-state index in [1.54, 1.807) is 0 Å². The van der Waals surface area contributed by atoms with Gasteiger partial charge >= 0.3 is 0 Å². The highest BCUT2D eigenvalue weighted by molar-refractivity contribution is 5.72. The van der Waals surface area contributed by atoms with Gasteiger partial charge in [0.05, 0.1) is 0 Å². The van der Waals surface area contributed by atoms with Crippen molar-refractivity contribution in [3.8, 4) is 11.1 Å². The van der Waals surface area contributed by atoms with Crippen molar-refractivity contribution in [2.45, 2.75) is 20.0 Å². The first-order chi connectivity index (χ1) is 25.6. The molecule has 0 aliphatic carbocycles. The lowest BCUT2D eigenvalue weighted by atomic mass is 10.0. The van der Waals surface area contributed by atoms with Gasteiger partial charge < -0.3 is 31.9 Å². The zero-order chi connectivity index (χ0) is 35.4. The van der Waals surface area contributed by atoms with E-state index in [9.17, 15) is 0 Å². The summed E-state index contributed by atoms with van der Waals surface area (Å²) >= 11 is 0. The molecule has 0 aliphatic rings. The Hall–Kier alpha value is -6.66. The Morgan fingerprint density at radius 2 is 0.577 bits per heavy atom. The van der Waals surface area contributed by atoms with Crippen molar-refractivity contribution in [3.63, 3.8) is 0 Å². The minimum Gasteiger partial charge on any atom is -0.385 e. The SMILES string of the molecule is CCNc1ccc(Nc2ccc(-c3ccc(Nc4ccc(NCc5ccc(CNc6ccc(Nc7ccccc7)cc6)cc5)cc4)cc3)cc2)cc1. The number of anilines is 9. The Morgan fingerprint density at radius 1 is 0.288 bits per heavy atom. The summed E-state index contributed by atoms with van der Waals surface area (Å²) < 4.78 is 0. The molecule has 0 bridgehead atoms. The summed E-state index contributed by atoms with van der Waals surface area (Å²) in [4.78, 5) is 0. The third kappa shape index (κ3) is 9.52. The third-order valence-electron chi connectivity index (χ3n) is 8.79. The van der Waals surface area contributed by atoms with Crippen LogP contribution in [-0.2, 0) is 13.1 Å². The summed E-state index contributed by atoms with van der Waals surface area (Å²) in [5.41, 5.74) is 14.5. The van der Waals surface area contributed by atoms with Crippen LogP contribution < -0.4 is 31.9 Å². The van der Waals surface area contributed by atoms with Gasteiger partial charge in [0.2, 0.25) is 0 Å². The number of benzene rings is 7. The van der Waals surface area contributed by atoms with Gasteiger partial charge in [0.25, 0.3) is 0 Å². The van der Waals surface area contributed by atoms with Gasteiger partial charge in [0.1, 0.15) is 0 Å². The molecular weight excluding hydrogens is 637 g/mol. The standard InChI is InChI=1S/C46H44N6/c1-2-47-38-20-26-45(27-21-38)51-42-16-12-36(13-17-42)37-14-18-43(19-15-37)52-46-30-24-40(25-31-46)49-33-35-10-8-34(9-11-35)32-48-39-22-28-44(29-23-39)50-41-6-4-3-5-7-41/h3-31,47-52H,2,32-33H2,1H3. The molecule has 0 spiro atoms. The number of para-hydroxylation sites is 1. The molecule has 7 rings (SSSR count). The van der Waals surface area contributed by atoms with Gasteiger partial charge in [-0.3, -0.25) is 0 Å². The molecule has 6 nitrogen and oxygen atoms in total. The van der Waals surface area contributed by atoms with Crippen LogP contribution in [-0.4, -0.2) is 6.54 Å². The average molecular weight is 681 g/mol. The monoisotopic (exact) mass is 680 g/mol. The maximum atomic E-state index is 3.55. The molecule has 0 fully saturated rings. The maximum Gasteiger partial charge on any atom is 0.0400 e. The molecule has 258 valence electrons. The fraction of sp³-hybridized carbons (Fsp3) is 0.0870. The molecule has 0 radical (unpaired) electrons. The molecule has 0 unspecified atom stereocenters. The van der Waals surface area contributed by atoms with Crippen LogP contribution in [0.5, 0.6) is 0 Å². The summed E-state index contributed by atoms with van der Waals surface area (Å²) in [7, 11) is 0. The fourth-order valence-corrected chi connectivity index (χ4v) is 5.92. The first kappa shape index (κ1) is 33.8. The normalized spacial score (nSPS) is 10.6. The van der Waals surface area contributed by atoms with E-state index < -0.39 is 0 Å². The molecule has 6 N–H and O–H groups in total. The molecule has 0 aromatic heterocycles. The highest BCUT2D eigenvalue weighted by Crippen LogP contribution is 2.27. The van der Waals surface area contributed by atoms with E-state index >= 15 is 0 Å². The van der Waals surface area contributed by atoms with Gasteiger partial charge in [0.15, 0.2) is 0 Å². The van der Waals surface area contributed by atoms with Gasteiger partial charge in [-0.1, -0.05) is 66.7 Å². The largest absolute Gasteiger partial charge is 0.385 e. The van der Waals surface area contributed by atoms with E-state index in [1.165, 1.54) is 22.3 Å². The van der Waals surface area contributed by atoms with Gasteiger partial charge in [-0.25, -0.2) is 0 Å². The molecule has 52 heavy (non-hydrogen) atoms. The van der Waals surface area contributed by atoms with Crippen molar-refractivity contribution in [2.24, 2.45) is 0 Å². The first-order valence-corrected chi connectivity index (χ1v) is 17.8. The molecule has 7 aromatic carbocycles. The second-order valence-electron chi connectivity index (χ2n) is 12.7. The molecule has 0 heterocycles. The van der Waals surface area contributed by atoms with Crippen LogP contribution >= 0.6 is 0 Å². The Kier molecular flexibility index (Phi) is 10.9. The second kappa shape index (κ2) is 16.8. The Balaban J connectivity index is 0.841. The highest BCUT2D eigenvalue weighted by Gasteiger charge is 2.03. The van der Waals surface area contributed by atoms with E-state index in [0.29, 0.717) is 0 Å². The third-order valence-corrected chi connectivity index (χ3v) is 8.79. The summed E-state index contributed by atoms with van der Waals surface area (Å²) in [5.74, 6) is 0. The van der Waals surface area contributed by atoms with Gasteiger partial charge in [-0.15, -0.1) is 0 Å². The maximum absolute atomic E-state index is 3.55. The molecule has 0 atom stereocenters. The molecule has 6 heteroatoms. The second-order valence-corrected chi connectivity index (χ2v) is 12.7. The van der Waals surface area contributed by atoms with Crippen LogP contribution in [0.25, 0.3) is 11.1 Å². The predicted octanol–water partition coefficient (Wildman–Crippen LogP) is 12.2. The summed E-state index contributed by atoms with van der Waals surface area (Å²) in [6, 6.07) is 61.3. The van der Waals surface area contributed by atoms with Gasteiger partial charge in [-0.2, -0.15) is 0 Å². The summed E-state index contributed by atoms with van der Waals surface area (Å²) in [6.07, 6.45) is 0. The number of hydrogen-bond acceptors (Lipinski definition) is 6. The number of rotatable bonds is 15. The lowest BCUT2D eigenvalue weighted by molar-refractivity contribution is 1.11.